The molecule has 0 amide bonds. The van der Waals surface area contributed by atoms with Crippen LogP contribution in [0.1, 0.15) is 27.2 Å². The van der Waals surface area contributed by atoms with E-state index in [9.17, 15) is 0 Å². The molecule has 66 valence electrons. The summed E-state index contributed by atoms with van der Waals surface area (Å²) < 4.78 is 2.72. The first-order chi connectivity index (χ1) is 4.86. The summed E-state index contributed by atoms with van der Waals surface area (Å²) in [5.74, 6) is 0. The molecule has 1 nitrogen and oxygen atoms in total. The number of nitrogens with zero attached hydrogens (tertiary/aromatic N) is 1. The topological polar surface area (TPSA) is 3.24 Å². The van der Waals surface area contributed by atoms with Crippen molar-refractivity contribution in [3.8, 4) is 0 Å². The molecule has 0 aliphatic carbocycles. The standard InChI is InChI=1S/C9H21NSi/c1-9(2,3)11(4,5)10-7-6-8-10/h6-8H2,1-5H3. The van der Waals surface area contributed by atoms with Crippen molar-refractivity contribution in [3.05, 3.63) is 0 Å². The van der Waals surface area contributed by atoms with Crippen LogP contribution in [0.4, 0.5) is 0 Å². The van der Waals surface area contributed by atoms with E-state index in [0.717, 1.165) is 0 Å². The van der Waals surface area contributed by atoms with Crippen LogP contribution in [-0.4, -0.2) is 25.9 Å². The minimum absolute atomic E-state index is 0.535. The Balaban J connectivity index is 2.64. The summed E-state index contributed by atoms with van der Waals surface area (Å²) in [5, 5.41) is 0.535. The molecule has 0 aromatic carbocycles. The molecule has 0 unspecified atom stereocenters. The van der Waals surface area contributed by atoms with Crippen molar-refractivity contribution >= 4 is 8.24 Å². The second-order valence-corrected chi connectivity index (χ2v) is 10.4. The zero-order valence-electron chi connectivity index (χ0n) is 8.57. The van der Waals surface area contributed by atoms with Crippen molar-refractivity contribution in [2.75, 3.05) is 13.1 Å². The molecule has 11 heavy (non-hydrogen) atoms. The Morgan fingerprint density at radius 2 is 1.55 bits per heavy atom. The molecule has 0 bridgehead atoms. The van der Waals surface area contributed by atoms with E-state index in [1.54, 1.807) is 0 Å². The minimum atomic E-state index is -1.09. The Morgan fingerprint density at radius 1 is 1.09 bits per heavy atom. The lowest BCUT2D eigenvalue weighted by Crippen LogP contribution is -2.60. The van der Waals surface area contributed by atoms with Crippen molar-refractivity contribution in [1.29, 1.82) is 0 Å². The molecule has 0 aromatic heterocycles. The summed E-state index contributed by atoms with van der Waals surface area (Å²) in [6, 6.07) is 0. The maximum Gasteiger partial charge on any atom is 0.127 e. The van der Waals surface area contributed by atoms with Crippen LogP contribution in [0.5, 0.6) is 0 Å². The molecule has 0 atom stereocenters. The summed E-state index contributed by atoms with van der Waals surface area (Å²) in [5.41, 5.74) is 0. The lowest BCUT2D eigenvalue weighted by molar-refractivity contribution is 0.289. The van der Waals surface area contributed by atoms with Gasteiger partial charge in [0.05, 0.1) is 0 Å². The van der Waals surface area contributed by atoms with Crippen LogP contribution in [0.25, 0.3) is 0 Å². The molecule has 1 aliphatic rings. The molecule has 1 fully saturated rings. The monoisotopic (exact) mass is 171 g/mol. The third-order valence-electron chi connectivity index (χ3n) is 3.48. The van der Waals surface area contributed by atoms with E-state index >= 15 is 0 Å². The quantitative estimate of drug-likeness (QED) is 0.548. The molecule has 0 saturated carbocycles. The number of hydrogen-bond donors (Lipinski definition) is 0. The van der Waals surface area contributed by atoms with E-state index < -0.39 is 8.24 Å². The molecule has 2 heteroatoms. The Labute approximate surface area is 71.9 Å². The molecule has 0 aromatic rings. The Hall–Kier alpha value is 0.177. The Bertz CT molecular complexity index is 142. The summed E-state index contributed by atoms with van der Waals surface area (Å²) in [7, 11) is -1.09. The second kappa shape index (κ2) is 2.59. The molecular weight excluding hydrogens is 150 g/mol. The largest absolute Gasteiger partial charge is 0.323 e. The van der Waals surface area contributed by atoms with E-state index in [4.69, 9.17) is 0 Å². The summed E-state index contributed by atoms with van der Waals surface area (Å²) in [6.07, 6.45) is 1.42. The van der Waals surface area contributed by atoms with Gasteiger partial charge in [-0.2, -0.15) is 0 Å². The van der Waals surface area contributed by atoms with Gasteiger partial charge in [-0.3, -0.25) is 0 Å². The average Bonchev–Trinajstić information content (AvgIpc) is 1.53. The SMILES string of the molecule is CC(C)(C)[Si](C)(C)N1CCC1. The normalized spacial score (nSPS) is 21.5. The maximum absolute atomic E-state index is 2.72. The van der Waals surface area contributed by atoms with Gasteiger partial charge in [-0.1, -0.05) is 33.9 Å². The highest BCUT2D eigenvalue weighted by Crippen LogP contribution is 2.39. The van der Waals surface area contributed by atoms with Crippen molar-refractivity contribution < 1.29 is 0 Å². The second-order valence-electron chi connectivity index (χ2n) is 5.15. The van der Waals surface area contributed by atoms with Gasteiger partial charge < -0.3 is 4.57 Å². The third kappa shape index (κ3) is 1.52. The van der Waals surface area contributed by atoms with Gasteiger partial charge in [0.25, 0.3) is 0 Å². The van der Waals surface area contributed by atoms with Gasteiger partial charge in [0.2, 0.25) is 0 Å². The van der Waals surface area contributed by atoms with Crippen LogP contribution < -0.4 is 0 Å². The molecule has 0 radical (unpaired) electrons. The molecule has 0 N–H and O–H groups in total. The molecule has 0 spiro atoms. The summed E-state index contributed by atoms with van der Waals surface area (Å²) >= 11 is 0. The van der Waals surface area contributed by atoms with Gasteiger partial charge in [-0.05, 0) is 24.5 Å². The van der Waals surface area contributed by atoms with Gasteiger partial charge >= 0.3 is 0 Å². The fraction of sp³-hybridized carbons (Fsp3) is 1.00. The maximum atomic E-state index is 2.72. The van der Waals surface area contributed by atoms with E-state index in [1.165, 1.54) is 19.5 Å². The van der Waals surface area contributed by atoms with Crippen LogP contribution in [0.15, 0.2) is 0 Å². The Morgan fingerprint density at radius 3 is 1.64 bits per heavy atom. The van der Waals surface area contributed by atoms with Crippen molar-refractivity contribution in [1.82, 2.24) is 4.57 Å². The average molecular weight is 171 g/mol. The zero-order chi connectivity index (χ0) is 8.70. The zero-order valence-corrected chi connectivity index (χ0v) is 9.57. The van der Waals surface area contributed by atoms with E-state index in [0.29, 0.717) is 5.04 Å². The fourth-order valence-corrected chi connectivity index (χ4v) is 3.73. The van der Waals surface area contributed by atoms with Crippen LogP contribution in [0.3, 0.4) is 0 Å². The van der Waals surface area contributed by atoms with Crippen LogP contribution in [-0.2, 0) is 0 Å². The highest BCUT2D eigenvalue weighted by atomic mass is 28.3. The highest BCUT2D eigenvalue weighted by molar-refractivity contribution is 6.77. The van der Waals surface area contributed by atoms with Crippen LogP contribution in [0, 0.1) is 0 Å². The lowest BCUT2D eigenvalue weighted by atomic mass is 10.2. The Kier molecular flexibility index (Phi) is 2.19. The van der Waals surface area contributed by atoms with E-state index in [2.05, 4.69) is 38.4 Å². The first-order valence-corrected chi connectivity index (χ1v) is 7.55. The molecule has 1 saturated heterocycles. The molecular formula is C9H21NSi. The van der Waals surface area contributed by atoms with Gasteiger partial charge in [0, 0.05) is 0 Å². The fourth-order valence-electron chi connectivity index (χ4n) is 1.35. The number of hydrogen-bond acceptors (Lipinski definition) is 1. The van der Waals surface area contributed by atoms with Crippen molar-refractivity contribution in [2.24, 2.45) is 0 Å². The first kappa shape index (κ1) is 9.27. The highest BCUT2D eigenvalue weighted by Gasteiger charge is 2.42. The summed E-state index contributed by atoms with van der Waals surface area (Å²) in [6.45, 7) is 14.9. The predicted octanol–water partition coefficient (Wildman–Crippen LogP) is 2.70. The molecule has 1 heterocycles. The van der Waals surface area contributed by atoms with Crippen LogP contribution in [0.2, 0.25) is 18.1 Å². The van der Waals surface area contributed by atoms with Gasteiger partial charge in [0.15, 0.2) is 0 Å². The van der Waals surface area contributed by atoms with Crippen LogP contribution >= 0.6 is 0 Å². The van der Waals surface area contributed by atoms with Gasteiger partial charge in [-0.15, -0.1) is 0 Å². The summed E-state index contributed by atoms with van der Waals surface area (Å²) in [4.78, 5) is 0. The molecule has 1 aliphatic heterocycles. The molecule has 1 rings (SSSR count). The van der Waals surface area contributed by atoms with E-state index in [1.807, 2.05) is 0 Å². The lowest BCUT2D eigenvalue weighted by Gasteiger charge is -2.50. The van der Waals surface area contributed by atoms with Gasteiger partial charge in [0.1, 0.15) is 8.24 Å². The first-order valence-electron chi connectivity index (χ1n) is 4.61. The predicted molar refractivity (Wildman–Crippen MR) is 53.4 cm³/mol. The van der Waals surface area contributed by atoms with E-state index in [-0.39, 0.29) is 0 Å². The third-order valence-corrected chi connectivity index (χ3v) is 9.18. The van der Waals surface area contributed by atoms with Crippen molar-refractivity contribution in [3.63, 3.8) is 0 Å². The minimum Gasteiger partial charge on any atom is -0.323 e. The number of rotatable bonds is 1. The smallest absolute Gasteiger partial charge is 0.127 e. The van der Waals surface area contributed by atoms with Crippen molar-refractivity contribution in [2.45, 2.75) is 45.3 Å². The van der Waals surface area contributed by atoms with Gasteiger partial charge in [-0.25, -0.2) is 0 Å².